The highest BCUT2D eigenvalue weighted by molar-refractivity contribution is 5.76. The molecule has 6 nitrogen and oxygen atoms in total. The Bertz CT molecular complexity index is 1020. The van der Waals surface area contributed by atoms with Gasteiger partial charge in [-0.05, 0) is 23.8 Å². The maximum absolute atomic E-state index is 12.1. The smallest absolute Gasteiger partial charge is 0.220 e. The zero-order valence-corrected chi connectivity index (χ0v) is 15.3. The maximum atomic E-state index is 12.1. The van der Waals surface area contributed by atoms with Gasteiger partial charge in [0.05, 0.1) is 0 Å². The van der Waals surface area contributed by atoms with Crippen LogP contribution in [0.5, 0.6) is 0 Å². The van der Waals surface area contributed by atoms with Crippen LogP contribution in [-0.2, 0) is 17.8 Å². The predicted octanol–water partition coefficient (Wildman–Crippen LogP) is 3.78. The number of pyridine rings is 1. The molecule has 1 N–H and O–H groups in total. The lowest BCUT2D eigenvalue weighted by atomic mass is 10.2. The van der Waals surface area contributed by atoms with Crippen LogP contribution in [0, 0.1) is 0 Å². The van der Waals surface area contributed by atoms with Crippen molar-refractivity contribution in [1.29, 1.82) is 0 Å². The highest BCUT2D eigenvalue weighted by Gasteiger charge is 2.08. The van der Waals surface area contributed by atoms with Gasteiger partial charge in [-0.2, -0.15) is 0 Å². The van der Waals surface area contributed by atoms with Gasteiger partial charge in [0.15, 0.2) is 0 Å². The molecule has 0 saturated carbocycles. The Balaban J connectivity index is 1.25. The zero-order chi connectivity index (χ0) is 19.2. The molecule has 140 valence electrons. The summed E-state index contributed by atoms with van der Waals surface area (Å²) in [6.45, 7) is 0.448. The Labute approximate surface area is 162 Å². The van der Waals surface area contributed by atoms with Crippen LogP contribution in [0.2, 0.25) is 0 Å². The van der Waals surface area contributed by atoms with Crippen molar-refractivity contribution in [2.24, 2.45) is 0 Å². The molecule has 1 amide bonds. The molecule has 4 aromatic rings. The van der Waals surface area contributed by atoms with Gasteiger partial charge in [-0.1, -0.05) is 36.4 Å². The Morgan fingerprint density at radius 2 is 1.96 bits per heavy atom. The van der Waals surface area contributed by atoms with E-state index in [0.29, 0.717) is 19.4 Å². The summed E-state index contributed by atoms with van der Waals surface area (Å²) >= 11 is 0. The molecule has 1 aromatic carbocycles. The minimum absolute atomic E-state index is 0.0173. The largest absolute Gasteiger partial charge is 0.461 e. The average Bonchev–Trinajstić information content (AvgIpc) is 3.44. The van der Waals surface area contributed by atoms with Crippen molar-refractivity contribution >= 4 is 5.91 Å². The monoisotopic (exact) mass is 372 g/mol. The normalized spacial score (nSPS) is 10.7. The number of benzene rings is 1. The molecule has 28 heavy (non-hydrogen) atoms. The number of nitrogens with one attached hydrogen (secondary N) is 1. The van der Waals surface area contributed by atoms with E-state index in [4.69, 9.17) is 4.42 Å². The molecule has 0 atom stereocenters. The molecule has 0 radical (unpaired) electrons. The van der Waals surface area contributed by atoms with Gasteiger partial charge in [-0.3, -0.25) is 9.36 Å². The van der Waals surface area contributed by atoms with Gasteiger partial charge in [-0.15, -0.1) is 0 Å². The number of aromatic nitrogens is 3. The molecule has 0 aliphatic rings. The van der Waals surface area contributed by atoms with Gasteiger partial charge < -0.3 is 9.73 Å². The summed E-state index contributed by atoms with van der Waals surface area (Å²) in [6.07, 6.45) is 7.94. The number of amides is 1. The average molecular weight is 372 g/mol. The summed E-state index contributed by atoms with van der Waals surface area (Å²) in [7, 11) is 0. The van der Waals surface area contributed by atoms with Crippen molar-refractivity contribution in [2.45, 2.75) is 19.4 Å². The van der Waals surface area contributed by atoms with E-state index in [0.717, 1.165) is 28.5 Å². The van der Waals surface area contributed by atoms with E-state index < -0.39 is 0 Å². The van der Waals surface area contributed by atoms with Crippen LogP contribution in [0.1, 0.15) is 17.7 Å². The van der Waals surface area contributed by atoms with Crippen molar-refractivity contribution in [1.82, 2.24) is 19.9 Å². The third-order valence-corrected chi connectivity index (χ3v) is 4.39. The van der Waals surface area contributed by atoms with Crippen molar-refractivity contribution in [3.05, 3.63) is 90.8 Å². The molecule has 3 heterocycles. The fourth-order valence-electron chi connectivity index (χ4n) is 2.86. The fourth-order valence-corrected chi connectivity index (χ4v) is 2.86. The van der Waals surface area contributed by atoms with Gasteiger partial charge in [-0.25, -0.2) is 9.97 Å². The Morgan fingerprint density at radius 1 is 1.07 bits per heavy atom. The molecule has 0 spiro atoms. The first-order valence-corrected chi connectivity index (χ1v) is 9.12. The lowest BCUT2D eigenvalue weighted by Gasteiger charge is -2.06. The van der Waals surface area contributed by atoms with Crippen LogP contribution in [0.4, 0.5) is 0 Å². The topological polar surface area (TPSA) is 73.0 Å². The van der Waals surface area contributed by atoms with E-state index in [1.165, 1.54) is 0 Å². The van der Waals surface area contributed by atoms with Gasteiger partial charge in [0.25, 0.3) is 0 Å². The molecule has 0 bridgehead atoms. The van der Waals surface area contributed by atoms with Crippen molar-refractivity contribution in [3.63, 3.8) is 0 Å². The Morgan fingerprint density at radius 3 is 2.71 bits per heavy atom. The van der Waals surface area contributed by atoms with E-state index in [1.54, 1.807) is 18.7 Å². The molecule has 0 aliphatic heterocycles. The number of carbonyl (C=O) groups is 1. The van der Waals surface area contributed by atoms with Crippen LogP contribution in [0.25, 0.3) is 17.1 Å². The lowest BCUT2D eigenvalue weighted by Crippen LogP contribution is -2.23. The van der Waals surface area contributed by atoms with Crippen LogP contribution >= 0.6 is 0 Å². The van der Waals surface area contributed by atoms with E-state index >= 15 is 0 Å². The molecular weight excluding hydrogens is 352 g/mol. The molecule has 0 fully saturated rings. The molecule has 4 rings (SSSR count). The molecule has 0 aliphatic carbocycles. The summed E-state index contributed by atoms with van der Waals surface area (Å²) in [6, 6.07) is 17.6. The van der Waals surface area contributed by atoms with Crippen molar-refractivity contribution in [2.75, 3.05) is 0 Å². The second-order valence-electron chi connectivity index (χ2n) is 6.40. The molecule has 0 saturated heterocycles. The molecule has 3 aromatic heterocycles. The van der Waals surface area contributed by atoms with E-state index in [9.17, 15) is 4.79 Å². The highest BCUT2D eigenvalue weighted by Crippen LogP contribution is 2.22. The van der Waals surface area contributed by atoms with E-state index in [-0.39, 0.29) is 5.91 Å². The standard InChI is InChI=1S/C22H20N4O2/c27-22(11-8-19-7-9-20(28-19)18-4-2-1-3-5-18)25-15-17-6-10-21(24-14-17)26-13-12-23-16-26/h1-7,9-10,12-14,16H,8,11,15H2,(H,25,27). The Kier molecular flexibility index (Phi) is 5.29. The van der Waals surface area contributed by atoms with Gasteiger partial charge in [0, 0.05) is 43.5 Å². The Hall–Kier alpha value is -3.67. The third-order valence-electron chi connectivity index (χ3n) is 4.39. The highest BCUT2D eigenvalue weighted by atomic mass is 16.3. The zero-order valence-electron chi connectivity index (χ0n) is 15.3. The SMILES string of the molecule is O=C(CCc1ccc(-c2ccccc2)o1)NCc1ccc(-n2ccnc2)nc1. The predicted molar refractivity (Wildman–Crippen MR) is 106 cm³/mol. The number of nitrogens with zero attached hydrogens (tertiary/aromatic N) is 3. The van der Waals surface area contributed by atoms with E-state index in [2.05, 4.69) is 15.3 Å². The van der Waals surface area contributed by atoms with Crippen LogP contribution in [0.15, 0.2) is 83.9 Å². The first-order chi connectivity index (χ1) is 13.8. The second kappa shape index (κ2) is 8.35. The first-order valence-electron chi connectivity index (χ1n) is 9.12. The summed E-state index contributed by atoms with van der Waals surface area (Å²) in [5.74, 6) is 2.40. The number of furan rings is 1. The van der Waals surface area contributed by atoms with Crippen LogP contribution in [-0.4, -0.2) is 20.4 Å². The molecule has 0 unspecified atom stereocenters. The van der Waals surface area contributed by atoms with Crippen LogP contribution < -0.4 is 5.32 Å². The van der Waals surface area contributed by atoms with Gasteiger partial charge in [0.1, 0.15) is 23.7 Å². The number of aryl methyl sites for hydroxylation is 1. The van der Waals surface area contributed by atoms with Crippen LogP contribution in [0.3, 0.4) is 0 Å². The third kappa shape index (κ3) is 4.35. The minimum Gasteiger partial charge on any atom is -0.461 e. The van der Waals surface area contributed by atoms with Gasteiger partial charge >= 0.3 is 0 Å². The molecular formula is C22H20N4O2. The summed E-state index contributed by atoms with van der Waals surface area (Å²) in [4.78, 5) is 20.5. The van der Waals surface area contributed by atoms with Crippen molar-refractivity contribution < 1.29 is 9.21 Å². The fraction of sp³-hybridized carbons (Fsp3) is 0.136. The number of hydrogen-bond donors (Lipinski definition) is 1. The first kappa shape index (κ1) is 17.7. The van der Waals surface area contributed by atoms with Crippen molar-refractivity contribution in [3.8, 4) is 17.1 Å². The summed E-state index contributed by atoms with van der Waals surface area (Å²) in [5.41, 5.74) is 1.98. The number of carbonyl (C=O) groups excluding carboxylic acids is 1. The summed E-state index contributed by atoms with van der Waals surface area (Å²) < 4.78 is 7.66. The number of imidazole rings is 1. The van der Waals surface area contributed by atoms with Gasteiger partial charge in [0.2, 0.25) is 5.91 Å². The number of rotatable bonds is 7. The second-order valence-corrected chi connectivity index (χ2v) is 6.40. The quantitative estimate of drug-likeness (QED) is 0.536. The number of hydrogen-bond acceptors (Lipinski definition) is 4. The lowest BCUT2D eigenvalue weighted by molar-refractivity contribution is -0.121. The maximum Gasteiger partial charge on any atom is 0.220 e. The van der Waals surface area contributed by atoms with E-state index in [1.807, 2.05) is 65.4 Å². The minimum atomic E-state index is -0.0173. The summed E-state index contributed by atoms with van der Waals surface area (Å²) in [5, 5.41) is 2.92. The molecule has 6 heteroatoms.